The molecule has 6 heteroatoms. The Hall–Kier alpha value is -1.59. The summed E-state index contributed by atoms with van der Waals surface area (Å²) >= 11 is 0. The van der Waals surface area contributed by atoms with Crippen LogP contribution in [0.15, 0.2) is 0 Å². The molecule has 43 heavy (non-hydrogen) atoms. The van der Waals surface area contributed by atoms with Crippen molar-refractivity contribution in [2.45, 2.75) is 201 Å². The number of rotatable bonds is 32. The summed E-state index contributed by atoms with van der Waals surface area (Å²) in [4.78, 5) is 37.1. The van der Waals surface area contributed by atoms with E-state index in [1.54, 1.807) is 0 Å². The van der Waals surface area contributed by atoms with Crippen molar-refractivity contribution in [1.29, 1.82) is 0 Å². The van der Waals surface area contributed by atoms with Crippen LogP contribution in [0.5, 0.6) is 0 Å². The molecule has 0 aliphatic rings. The van der Waals surface area contributed by atoms with Crippen LogP contribution in [0.4, 0.5) is 0 Å². The minimum atomic E-state index is -0.755. The van der Waals surface area contributed by atoms with Gasteiger partial charge in [-0.2, -0.15) is 0 Å². The van der Waals surface area contributed by atoms with Gasteiger partial charge in [-0.3, -0.25) is 14.4 Å². The average Bonchev–Trinajstić information content (AvgIpc) is 3.00. The van der Waals surface area contributed by atoms with E-state index >= 15 is 0 Å². The van der Waals surface area contributed by atoms with Crippen molar-refractivity contribution in [3.8, 4) is 0 Å². The molecule has 0 N–H and O–H groups in total. The van der Waals surface area contributed by atoms with Gasteiger partial charge in [0, 0.05) is 19.3 Å². The minimum Gasteiger partial charge on any atom is -0.462 e. The summed E-state index contributed by atoms with van der Waals surface area (Å²) in [6.07, 6.45) is 26.9. The predicted molar refractivity (Wildman–Crippen MR) is 178 cm³/mol. The Kier molecular flexibility index (Phi) is 30.6. The van der Waals surface area contributed by atoms with E-state index in [-0.39, 0.29) is 31.1 Å². The number of ether oxygens (including phenoxy) is 3. The van der Waals surface area contributed by atoms with Gasteiger partial charge < -0.3 is 14.2 Å². The summed E-state index contributed by atoms with van der Waals surface area (Å²) < 4.78 is 16.5. The van der Waals surface area contributed by atoms with Crippen molar-refractivity contribution < 1.29 is 28.6 Å². The number of carbonyl (C=O) groups excluding carboxylic acids is 3. The second-order valence-corrected chi connectivity index (χ2v) is 12.7. The highest BCUT2D eigenvalue weighted by Gasteiger charge is 2.19. The molecule has 0 fully saturated rings. The first-order chi connectivity index (χ1) is 20.9. The quantitative estimate of drug-likeness (QED) is 0.0428. The number of unbranched alkanes of at least 4 members (excludes halogenated alkanes) is 18. The maximum Gasteiger partial charge on any atom is 0.306 e. The summed E-state index contributed by atoms with van der Waals surface area (Å²) in [5.41, 5.74) is 0. The van der Waals surface area contributed by atoms with Gasteiger partial charge in [0.2, 0.25) is 0 Å². The molecule has 0 saturated carbocycles. The highest BCUT2D eigenvalue weighted by molar-refractivity contribution is 5.71. The molecule has 2 atom stereocenters. The Morgan fingerprint density at radius 3 is 1.21 bits per heavy atom. The normalized spacial score (nSPS) is 12.6. The first-order valence-corrected chi connectivity index (χ1v) is 18.4. The van der Waals surface area contributed by atoms with Crippen LogP contribution >= 0.6 is 0 Å². The van der Waals surface area contributed by atoms with Gasteiger partial charge in [-0.05, 0) is 25.2 Å². The lowest BCUT2D eigenvalue weighted by atomic mass is 10.00. The van der Waals surface area contributed by atoms with Crippen LogP contribution in [0.25, 0.3) is 0 Å². The Labute approximate surface area is 266 Å². The number of esters is 3. The molecule has 0 bridgehead atoms. The molecule has 0 rings (SSSR count). The van der Waals surface area contributed by atoms with E-state index in [0.717, 1.165) is 70.1 Å². The Bertz CT molecular complexity index is 649. The Balaban J connectivity index is 4.28. The van der Waals surface area contributed by atoms with Gasteiger partial charge in [0.1, 0.15) is 13.2 Å². The van der Waals surface area contributed by atoms with Crippen LogP contribution in [-0.4, -0.2) is 37.2 Å². The largest absolute Gasteiger partial charge is 0.462 e. The topological polar surface area (TPSA) is 78.9 Å². The summed E-state index contributed by atoms with van der Waals surface area (Å²) in [6.45, 7) is 8.83. The molecule has 0 radical (unpaired) electrons. The third kappa shape index (κ3) is 30.2. The molecule has 0 heterocycles. The van der Waals surface area contributed by atoms with Gasteiger partial charge >= 0.3 is 17.9 Å². The first kappa shape index (κ1) is 41.4. The molecule has 1 unspecified atom stereocenters. The number of carbonyl (C=O) groups is 3. The summed E-state index contributed by atoms with van der Waals surface area (Å²) in [5, 5.41) is 0. The fraction of sp³-hybridized carbons (Fsp3) is 0.919. The van der Waals surface area contributed by atoms with E-state index in [0.29, 0.717) is 19.3 Å². The molecule has 0 aliphatic heterocycles. The van der Waals surface area contributed by atoms with E-state index in [9.17, 15) is 14.4 Å². The molecular formula is C37H70O6. The van der Waals surface area contributed by atoms with Crippen LogP contribution in [-0.2, 0) is 28.6 Å². The molecule has 254 valence electrons. The van der Waals surface area contributed by atoms with Crippen LogP contribution in [0.2, 0.25) is 0 Å². The number of hydrogen-bond donors (Lipinski definition) is 0. The highest BCUT2D eigenvalue weighted by atomic mass is 16.6. The third-order valence-electron chi connectivity index (χ3n) is 8.40. The van der Waals surface area contributed by atoms with E-state index < -0.39 is 6.10 Å². The Morgan fingerprint density at radius 2 is 0.814 bits per heavy atom. The van der Waals surface area contributed by atoms with Crippen LogP contribution in [0, 0.1) is 5.92 Å². The van der Waals surface area contributed by atoms with Crippen molar-refractivity contribution in [2.75, 3.05) is 13.2 Å². The standard InChI is InChI=1S/C37H70O6/c1-5-8-10-12-13-14-15-16-21-24-28-35(38)41-31-34(43-37(40)30-26-19-11-9-6-2)32-42-36(39)29-25-22-18-17-20-23-27-33(4)7-3/h33-34H,5-32H2,1-4H3/t33?,34-/m1/s1. The van der Waals surface area contributed by atoms with Gasteiger partial charge in [-0.15, -0.1) is 0 Å². The zero-order chi connectivity index (χ0) is 31.8. The predicted octanol–water partition coefficient (Wildman–Crippen LogP) is 10.8. The molecule has 0 aliphatic carbocycles. The third-order valence-corrected chi connectivity index (χ3v) is 8.40. The smallest absolute Gasteiger partial charge is 0.306 e. The summed E-state index contributed by atoms with van der Waals surface area (Å²) in [7, 11) is 0. The van der Waals surface area contributed by atoms with E-state index in [4.69, 9.17) is 14.2 Å². The van der Waals surface area contributed by atoms with Crippen molar-refractivity contribution in [2.24, 2.45) is 5.92 Å². The molecule has 0 aromatic carbocycles. The van der Waals surface area contributed by atoms with Crippen molar-refractivity contribution in [3.05, 3.63) is 0 Å². The zero-order valence-electron chi connectivity index (χ0n) is 28.9. The van der Waals surface area contributed by atoms with Gasteiger partial charge in [-0.25, -0.2) is 0 Å². The van der Waals surface area contributed by atoms with Crippen LogP contribution in [0.1, 0.15) is 195 Å². The van der Waals surface area contributed by atoms with E-state index in [1.165, 1.54) is 83.5 Å². The van der Waals surface area contributed by atoms with E-state index in [1.807, 2.05) is 0 Å². The van der Waals surface area contributed by atoms with Crippen molar-refractivity contribution in [1.82, 2.24) is 0 Å². The lowest BCUT2D eigenvalue weighted by molar-refractivity contribution is -0.167. The molecule has 0 amide bonds. The fourth-order valence-electron chi connectivity index (χ4n) is 5.18. The lowest BCUT2D eigenvalue weighted by Crippen LogP contribution is -2.30. The molecule has 0 spiro atoms. The molecule has 0 aromatic rings. The van der Waals surface area contributed by atoms with Crippen LogP contribution in [0.3, 0.4) is 0 Å². The minimum absolute atomic E-state index is 0.0674. The monoisotopic (exact) mass is 611 g/mol. The Morgan fingerprint density at radius 1 is 0.465 bits per heavy atom. The maximum atomic E-state index is 12.4. The summed E-state index contributed by atoms with van der Waals surface area (Å²) in [5.74, 6) is -0.0712. The fourth-order valence-corrected chi connectivity index (χ4v) is 5.18. The maximum absolute atomic E-state index is 12.4. The lowest BCUT2D eigenvalue weighted by Gasteiger charge is -2.18. The second-order valence-electron chi connectivity index (χ2n) is 12.7. The van der Waals surface area contributed by atoms with Crippen molar-refractivity contribution in [3.63, 3.8) is 0 Å². The van der Waals surface area contributed by atoms with Crippen LogP contribution < -0.4 is 0 Å². The average molecular weight is 611 g/mol. The van der Waals surface area contributed by atoms with Gasteiger partial charge in [0.25, 0.3) is 0 Å². The van der Waals surface area contributed by atoms with E-state index in [2.05, 4.69) is 27.7 Å². The highest BCUT2D eigenvalue weighted by Crippen LogP contribution is 2.15. The molecule has 0 saturated heterocycles. The van der Waals surface area contributed by atoms with Gasteiger partial charge in [-0.1, -0.05) is 156 Å². The molecular weight excluding hydrogens is 540 g/mol. The number of hydrogen-bond acceptors (Lipinski definition) is 6. The second kappa shape index (κ2) is 31.8. The molecule has 0 aromatic heterocycles. The van der Waals surface area contributed by atoms with Gasteiger partial charge in [0.15, 0.2) is 6.10 Å². The SMILES string of the molecule is CCCCCCCCCCCCC(=O)OC[C@H](COC(=O)CCCCCCCCC(C)CC)OC(=O)CCCCCCC. The summed E-state index contributed by atoms with van der Waals surface area (Å²) in [6, 6.07) is 0. The van der Waals surface area contributed by atoms with Crippen molar-refractivity contribution >= 4 is 17.9 Å². The molecule has 6 nitrogen and oxygen atoms in total. The van der Waals surface area contributed by atoms with Gasteiger partial charge in [0.05, 0.1) is 0 Å². The zero-order valence-corrected chi connectivity index (χ0v) is 28.9. The first-order valence-electron chi connectivity index (χ1n) is 18.4.